The highest BCUT2D eigenvalue weighted by Crippen LogP contribution is 2.19. The molecule has 0 radical (unpaired) electrons. The third-order valence-corrected chi connectivity index (χ3v) is 3.81. The number of alkyl halides is 1. The summed E-state index contributed by atoms with van der Waals surface area (Å²) in [6.45, 7) is 3.93. The lowest BCUT2D eigenvalue weighted by molar-refractivity contribution is 0.0758. The minimum absolute atomic E-state index is 0.0445. The van der Waals surface area contributed by atoms with Gasteiger partial charge in [-0.2, -0.15) is 0 Å². The molecule has 1 aromatic carbocycles. The Hall–Kier alpha value is -0.540. The summed E-state index contributed by atoms with van der Waals surface area (Å²) in [5, 5.41) is 1.26. The van der Waals surface area contributed by atoms with E-state index in [0.29, 0.717) is 10.6 Å². The number of carbonyl (C=O) groups excluding carboxylic acids is 1. The van der Waals surface area contributed by atoms with E-state index in [1.54, 1.807) is 24.1 Å². The van der Waals surface area contributed by atoms with Crippen LogP contribution in [-0.2, 0) is 0 Å². The smallest absolute Gasteiger partial charge is 0.255 e. The van der Waals surface area contributed by atoms with Gasteiger partial charge in [0.05, 0.1) is 10.6 Å². The minimum Gasteiger partial charge on any atom is -0.338 e. The average molecular weight is 305 g/mol. The molecule has 16 heavy (non-hydrogen) atoms. The van der Waals surface area contributed by atoms with E-state index in [2.05, 4.69) is 15.9 Å². The van der Waals surface area contributed by atoms with Crippen LogP contribution < -0.4 is 0 Å². The average Bonchev–Trinajstić information content (AvgIpc) is 2.26. The Bertz CT molecular complexity index is 395. The summed E-state index contributed by atoms with van der Waals surface area (Å²) in [6, 6.07) is 5.62. The zero-order chi connectivity index (χ0) is 12.3. The topological polar surface area (TPSA) is 20.3 Å². The van der Waals surface area contributed by atoms with Crippen molar-refractivity contribution in [3.05, 3.63) is 34.3 Å². The quantitative estimate of drug-likeness (QED) is 0.783. The van der Waals surface area contributed by atoms with Gasteiger partial charge >= 0.3 is 0 Å². The molecule has 0 saturated heterocycles. The lowest BCUT2D eigenvalue weighted by Crippen LogP contribution is -2.36. The lowest BCUT2D eigenvalue weighted by Gasteiger charge is -2.23. The second-order valence-corrected chi connectivity index (χ2v) is 4.96. The summed E-state index contributed by atoms with van der Waals surface area (Å²) < 4.78 is 0. The number of carbonyl (C=O) groups is 1. The molecule has 0 aliphatic rings. The van der Waals surface area contributed by atoms with Crippen LogP contribution in [0.2, 0.25) is 5.02 Å². The summed E-state index contributed by atoms with van der Waals surface area (Å²) in [7, 11) is 1.78. The van der Waals surface area contributed by atoms with Crippen LogP contribution in [0.15, 0.2) is 18.2 Å². The third kappa shape index (κ3) is 2.98. The standard InChI is InChI=1S/C12H15BrClNO/c1-8-4-5-10(11(14)6-8)12(16)15(3)9(2)7-13/h4-6,9H,7H2,1-3H3. The van der Waals surface area contributed by atoms with Gasteiger partial charge in [0.2, 0.25) is 0 Å². The number of rotatable bonds is 3. The van der Waals surface area contributed by atoms with Gasteiger partial charge in [-0.15, -0.1) is 0 Å². The predicted molar refractivity (Wildman–Crippen MR) is 71.5 cm³/mol. The van der Waals surface area contributed by atoms with Crippen molar-refractivity contribution in [3.63, 3.8) is 0 Å². The van der Waals surface area contributed by atoms with E-state index in [0.717, 1.165) is 10.9 Å². The maximum absolute atomic E-state index is 12.1. The lowest BCUT2D eigenvalue weighted by atomic mass is 10.1. The molecule has 1 aromatic rings. The zero-order valence-electron chi connectivity index (χ0n) is 9.63. The van der Waals surface area contributed by atoms with Gasteiger partial charge in [-0.25, -0.2) is 0 Å². The van der Waals surface area contributed by atoms with Crippen LogP contribution in [0.25, 0.3) is 0 Å². The molecule has 88 valence electrons. The van der Waals surface area contributed by atoms with Crippen LogP contribution in [0.1, 0.15) is 22.8 Å². The van der Waals surface area contributed by atoms with Crippen LogP contribution >= 0.6 is 27.5 Å². The molecule has 0 heterocycles. The molecule has 1 unspecified atom stereocenters. The van der Waals surface area contributed by atoms with E-state index in [1.807, 2.05) is 19.9 Å². The van der Waals surface area contributed by atoms with Crippen molar-refractivity contribution in [2.45, 2.75) is 19.9 Å². The molecule has 0 saturated carbocycles. The molecule has 0 aromatic heterocycles. The van der Waals surface area contributed by atoms with Crippen LogP contribution in [0, 0.1) is 6.92 Å². The van der Waals surface area contributed by atoms with Crippen molar-refractivity contribution in [1.29, 1.82) is 0 Å². The first-order chi connectivity index (χ1) is 7.47. The summed E-state index contributed by atoms with van der Waals surface area (Å²) in [5.41, 5.74) is 1.61. The van der Waals surface area contributed by atoms with Crippen LogP contribution in [0.4, 0.5) is 0 Å². The molecule has 0 N–H and O–H groups in total. The largest absolute Gasteiger partial charge is 0.338 e. The number of aryl methyl sites for hydroxylation is 1. The summed E-state index contributed by atoms with van der Waals surface area (Å²) in [5.74, 6) is -0.0445. The summed E-state index contributed by atoms with van der Waals surface area (Å²) >= 11 is 9.42. The van der Waals surface area contributed by atoms with Gasteiger partial charge in [-0.3, -0.25) is 4.79 Å². The highest BCUT2D eigenvalue weighted by molar-refractivity contribution is 9.09. The first-order valence-corrected chi connectivity index (χ1v) is 6.56. The fourth-order valence-corrected chi connectivity index (χ4v) is 2.04. The SMILES string of the molecule is Cc1ccc(C(=O)N(C)C(C)CBr)c(Cl)c1. The number of hydrogen-bond acceptors (Lipinski definition) is 1. The van der Waals surface area contributed by atoms with Gasteiger partial charge in [0.15, 0.2) is 0 Å². The second-order valence-electron chi connectivity index (χ2n) is 3.90. The molecular formula is C12H15BrClNO. The van der Waals surface area contributed by atoms with Crippen molar-refractivity contribution >= 4 is 33.4 Å². The van der Waals surface area contributed by atoms with E-state index >= 15 is 0 Å². The maximum Gasteiger partial charge on any atom is 0.255 e. The molecule has 1 atom stereocenters. The number of amides is 1. The molecule has 2 nitrogen and oxygen atoms in total. The molecule has 4 heteroatoms. The van der Waals surface area contributed by atoms with Gasteiger partial charge in [0, 0.05) is 18.4 Å². The normalized spacial score (nSPS) is 12.3. The predicted octanol–water partition coefficient (Wildman–Crippen LogP) is 3.50. The van der Waals surface area contributed by atoms with Crippen molar-refractivity contribution < 1.29 is 4.79 Å². The van der Waals surface area contributed by atoms with Crippen molar-refractivity contribution in [2.24, 2.45) is 0 Å². The molecular weight excluding hydrogens is 289 g/mol. The fraction of sp³-hybridized carbons (Fsp3) is 0.417. The second kappa shape index (κ2) is 5.69. The Kier molecular flexibility index (Phi) is 4.81. The van der Waals surface area contributed by atoms with E-state index in [9.17, 15) is 4.79 Å². The number of benzene rings is 1. The molecule has 0 aliphatic carbocycles. The van der Waals surface area contributed by atoms with Crippen molar-refractivity contribution in [1.82, 2.24) is 4.90 Å². The molecule has 0 spiro atoms. The maximum atomic E-state index is 12.1. The first-order valence-electron chi connectivity index (χ1n) is 5.06. The summed E-state index contributed by atoms with van der Waals surface area (Å²) in [4.78, 5) is 13.8. The third-order valence-electron chi connectivity index (χ3n) is 2.56. The van der Waals surface area contributed by atoms with Gasteiger partial charge in [-0.1, -0.05) is 33.6 Å². The Morgan fingerprint density at radius 3 is 2.69 bits per heavy atom. The first kappa shape index (κ1) is 13.5. The molecule has 0 aliphatic heterocycles. The Labute approximate surface area is 110 Å². The van der Waals surface area contributed by atoms with Crippen molar-refractivity contribution in [3.8, 4) is 0 Å². The molecule has 1 rings (SSSR count). The van der Waals surface area contributed by atoms with E-state index in [1.165, 1.54) is 0 Å². The number of nitrogens with zero attached hydrogens (tertiary/aromatic N) is 1. The van der Waals surface area contributed by atoms with E-state index in [4.69, 9.17) is 11.6 Å². The number of halogens is 2. The van der Waals surface area contributed by atoms with Gasteiger partial charge in [0.1, 0.15) is 0 Å². The Morgan fingerprint density at radius 2 is 2.19 bits per heavy atom. The van der Waals surface area contributed by atoms with E-state index < -0.39 is 0 Å². The van der Waals surface area contributed by atoms with Crippen LogP contribution in [0.5, 0.6) is 0 Å². The number of hydrogen-bond donors (Lipinski definition) is 0. The van der Waals surface area contributed by atoms with Crippen LogP contribution in [-0.4, -0.2) is 29.2 Å². The molecule has 0 fully saturated rings. The summed E-state index contributed by atoms with van der Waals surface area (Å²) in [6.07, 6.45) is 0. The highest BCUT2D eigenvalue weighted by atomic mass is 79.9. The highest BCUT2D eigenvalue weighted by Gasteiger charge is 2.18. The van der Waals surface area contributed by atoms with Crippen LogP contribution in [0.3, 0.4) is 0 Å². The van der Waals surface area contributed by atoms with Crippen molar-refractivity contribution in [2.75, 3.05) is 12.4 Å². The zero-order valence-corrected chi connectivity index (χ0v) is 12.0. The van der Waals surface area contributed by atoms with Gasteiger partial charge < -0.3 is 4.90 Å². The minimum atomic E-state index is -0.0445. The van der Waals surface area contributed by atoms with Gasteiger partial charge in [-0.05, 0) is 31.5 Å². The Balaban J connectivity index is 2.96. The fourth-order valence-electron chi connectivity index (χ4n) is 1.29. The Morgan fingerprint density at radius 1 is 1.56 bits per heavy atom. The molecule has 0 bridgehead atoms. The van der Waals surface area contributed by atoms with E-state index in [-0.39, 0.29) is 11.9 Å². The molecule has 1 amide bonds. The monoisotopic (exact) mass is 303 g/mol. The van der Waals surface area contributed by atoms with Gasteiger partial charge in [0.25, 0.3) is 5.91 Å².